The van der Waals surface area contributed by atoms with Crippen molar-refractivity contribution in [2.75, 3.05) is 6.61 Å². The first-order valence-electron chi connectivity index (χ1n) is 11.4. The zero-order chi connectivity index (χ0) is 24.9. The SMILES string of the molecule is CC(C)(C)OC(=O)N1[C@@H]([C@H](O[Si](C)(C)C(C)(C)C)[C@@H]2OC(C)(C)O[C@H]2C=O)COC1(C)C. The van der Waals surface area contributed by atoms with Gasteiger partial charge >= 0.3 is 6.09 Å². The van der Waals surface area contributed by atoms with Gasteiger partial charge in [0.1, 0.15) is 23.5 Å². The standard InChI is InChI=1S/C23H43NO7Si/c1-20(2,3)30-19(26)24-15(14-27-22(24,7)8)17(31-32(11,12)21(4,5)6)18-16(13-25)28-23(9,10)29-18/h13,15-18H,14H2,1-12H3/t15-,16+,17+,18-/m1/s1. The van der Waals surface area contributed by atoms with E-state index in [1.165, 1.54) is 0 Å². The van der Waals surface area contributed by atoms with Crippen molar-refractivity contribution in [1.29, 1.82) is 0 Å². The van der Waals surface area contributed by atoms with Crippen LogP contribution in [0.25, 0.3) is 0 Å². The highest BCUT2D eigenvalue weighted by molar-refractivity contribution is 6.74. The van der Waals surface area contributed by atoms with E-state index in [4.69, 9.17) is 23.4 Å². The molecule has 0 bridgehead atoms. The van der Waals surface area contributed by atoms with Crippen LogP contribution in [0.2, 0.25) is 18.1 Å². The summed E-state index contributed by atoms with van der Waals surface area (Å²) in [6, 6.07) is -0.515. The summed E-state index contributed by atoms with van der Waals surface area (Å²) in [6.45, 7) is 23.6. The molecule has 9 heteroatoms. The summed E-state index contributed by atoms with van der Waals surface area (Å²) in [4.78, 5) is 26.8. The fourth-order valence-electron chi connectivity index (χ4n) is 3.80. The molecule has 2 fully saturated rings. The Bertz CT molecular complexity index is 708. The van der Waals surface area contributed by atoms with E-state index in [-0.39, 0.29) is 11.6 Å². The van der Waals surface area contributed by atoms with Gasteiger partial charge in [-0.2, -0.15) is 0 Å². The number of ether oxygens (including phenoxy) is 4. The van der Waals surface area contributed by atoms with Crippen molar-refractivity contribution in [3.63, 3.8) is 0 Å². The van der Waals surface area contributed by atoms with Gasteiger partial charge in [0.15, 0.2) is 20.4 Å². The maximum atomic E-state index is 13.3. The molecule has 0 aromatic carbocycles. The summed E-state index contributed by atoms with van der Waals surface area (Å²) in [5, 5.41) is -0.0946. The van der Waals surface area contributed by atoms with Crippen LogP contribution in [-0.2, 0) is 28.2 Å². The van der Waals surface area contributed by atoms with Crippen molar-refractivity contribution in [1.82, 2.24) is 4.90 Å². The van der Waals surface area contributed by atoms with E-state index in [2.05, 4.69) is 33.9 Å². The van der Waals surface area contributed by atoms with Crippen molar-refractivity contribution >= 4 is 20.7 Å². The summed E-state index contributed by atoms with van der Waals surface area (Å²) in [5.41, 5.74) is -1.58. The minimum Gasteiger partial charge on any atom is -0.444 e. The van der Waals surface area contributed by atoms with Crippen molar-refractivity contribution in [3.05, 3.63) is 0 Å². The largest absolute Gasteiger partial charge is 0.444 e. The summed E-state index contributed by atoms with van der Waals surface area (Å²) in [5.74, 6) is -0.947. The Balaban J connectivity index is 2.52. The highest BCUT2D eigenvalue weighted by atomic mass is 28.4. The second-order valence-corrected chi connectivity index (χ2v) is 17.0. The Morgan fingerprint density at radius 1 is 1.09 bits per heavy atom. The topological polar surface area (TPSA) is 83.5 Å². The normalized spacial score (nSPS) is 29.1. The van der Waals surface area contributed by atoms with Gasteiger partial charge in [-0.1, -0.05) is 20.8 Å². The van der Waals surface area contributed by atoms with E-state index in [0.717, 1.165) is 6.29 Å². The molecule has 0 radical (unpaired) electrons. The summed E-state index contributed by atoms with van der Waals surface area (Å²) in [6.07, 6.45) is -1.88. The van der Waals surface area contributed by atoms with Crippen LogP contribution in [-0.4, -0.2) is 73.7 Å². The van der Waals surface area contributed by atoms with Gasteiger partial charge in [0.25, 0.3) is 0 Å². The molecule has 32 heavy (non-hydrogen) atoms. The predicted molar refractivity (Wildman–Crippen MR) is 124 cm³/mol. The maximum absolute atomic E-state index is 13.3. The van der Waals surface area contributed by atoms with Crippen LogP contribution in [0.3, 0.4) is 0 Å². The Kier molecular flexibility index (Phi) is 7.36. The molecule has 2 rings (SSSR count). The quantitative estimate of drug-likeness (QED) is 0.430. The van der Waals surface area contributed by atoms with Crippen LogP contribution >= 0.6 is 0 Å². The molecule has 0 aliphatic carbocycles. The van der Waals surface area contributed by atoms with Crippen LogP contribution in [0, 0.1) is 0 Å². The van der Waals surface area contributed by atoms with E-state index < -0.39 is 55.9 Å². The molecule has 2 aliphatic heterocycles. The fraction of sp³-hybridized carbons (Fsp3) is 0.913. The average Bonchev–Trinajstić information content (AvgIpc) is 3.05. The first-order chi connectivity index (χ1) is 14.2. The van der Waals surface area contributed by atoms with Gasteiger partial charge in [-0.25, -0.2) is 4.79 Å². The molecular weight excluding hydrogens is 430 g/mol. The number of carbonyl (C=O) groups excluding carboxylic acids is 2. The van der Waals surface area contributed by atoms with E-state index in [0.29, 0.717) is 0 Å². The minimum absolute atomic E-state index is 0.0946. The van der Waals surface area contributed by atoms with Crippen molar-refractivity contribution in [2.24, 2.45) is 0 Å². The molecule has 0 unspecified atom stereocenters. The summed E-state index contributed by atoms with van der Waals surface area (Å²) < 4.78 is 30.6. The van der Waals surface area contributed by atoms with Crippen molar-refractivity contribution < 1.29 is 33.0 Å². The van der Waals surface area contributed by atoms with Gasteiger partial charge in [-0.3, -0.25) is 4.90 Å². The van der Waals surface area contributed by atoms with Crippen LogP contribution in [0.4, 0.5) is 4.79 Å². The van der Waals surface area contributed by atoms with E-state index in [9.17, 15) is 9.59 Å². The molecule has 0 N–H and O–H groups in total. The number of amides is 1. The molecular formula is C23H43NO7Si. The third kappa shape index (κ3) is 5.91. The monoisotopic (exact) mass is 473 g/mol. The molecule has 0 spiro atoms. The van der Waals surface area contributed by atoms with Gasteiger partial charge in [0.05, 0.1) is 18.8 Å². The first kappa shape index (κ1) is 27.2. The third-order valence-electron chi connectivity index (χ3n) is 6.35. The number of rotatable bonds is 5. The Labute approximate surface area is 194 Å². The molecule has 0 saturated carbocycles. The molecule has 186 valence electrons. The average molecular weight is 474 g/mol. The summed E-state index contributed by atoms with van der Waals surface area (Å²) in [7, 11) is -2.34. The Morgan fingerprint density at radius 2 is 1.66 bits per heavy atom. The zero-order valence-electron chi connectivity index (χ0n) is 21.9. The van der Waals surface area contributed by atoms with Crippen LogP contribution in [0.1, 0.15) is 69.2 Å². The second kappa shape index (κ2) is 8.65. The smallest absolute Gasteiger partial charge is 0.412 e. The van der Waals surface area contributed by atoms with Crippen LogP contribution in [0.5, 0.6) is 0 Å². The molecule has 8 nitrogen and oxygen atoms in total. The van der Waals surface area contributed by atoms with Gasteiger partial charge in [-0.15, -0.1) is 0 Å². The highest BCUT2D eigenvalue weighted by Gasteiger charge is 2.57. The number of hydrogen-bond acceptors (Lipinski definition) is 7. The van der Waals surface area contributed by atoms with Crippen LogP contribution in [0.15, 0.2) is 0 Å². The summed E-state index contributed by atoms with van der Waals surface area (Å²) >= 11 is 0. The van der Waals surface area contributed by atoms with Gasteiger partial charge in [0.2, 0.25) is 0 Å². The molecule has 0 aromatic heterocycles. The van der Waals surface area contributed by atoms with E-state index >= 15 is 0 Å². The number of hydrogen-bond donors (Lipinski definition) is 0. The Hall–Kier alpha value is -1.00. The lowest BCUT2D eigenvalue weighted by Gasteiger charge is -2.45. The number of carbonyl (C=O) groups is 2. The van der Waals surface area contributed by atoms with E-state index in [1.807, 2.05) is 34.6 Å². The molecule has 4 atom stereocenters. The molecule has 0 aromatic rings. The second-order valence-electron chi connectivity index (χ2n) is 12.2. The number of nitrogens with zero attached hydrogens (tertiary/aromatic N) is 1. The molecule has 2 saturated heterocycles. The maximum Gasteiger partial charge on any atom is 0.412 e. The Morgan fingerprint density at radius 3 is 2.12 bits per heavy atom. The lowest BCUT2D eigenvalue weighted by molar-refractivity contribution is -0.158. The third-order valence-corrected chi connectivity index (χ3v) is 10.8. The van der Waals surface area contributed by atoms with Gasteiger partial charge in [0, 0.05) is 0 Å². The van der Waals surface area contributed by atoms with Crippen molar-refractivity contribution in [3.8, 4) is 0 Å². The fourth-order valence-corrected chi connectivity index (χ4v) is 5.12. The molecule has 2 heterocycles. The molecule has 1 amide bonds. The van der Waals surface area contributed by atoms with Crippen LogP contribution < -0.4 is 0 Å². The lowest BCUT2D eigenvalue weighted by atomic mass is 10.0. The lowest BCUT2D eigenvalue weighted by Crippen LogP contribution is -2.60. The first-order valence-corrected chi connectivity index (χ1v) is 14.3. The van der Waals surface area contributed by atoms with E-state index in [1.54, 1.807) is 18.7 Å². The molecule has 2 aliphatic rings. The predicted octanol–water partition coefficient (Wildman–Crippen LogP) is 4.47. The zero-order valence-corrected chi connectivity index (χ0v) is 22.9. The van der Waals surface area contributed by atoms with Gasteiger partial charge in [-0.05, 0) is 66.6 Å². The van der Waals surface area contributed by atoms with Gasteiger partial charge < -0.3 is 28.2 Å². The highest BCUT2D eigenvalue weighted by Crippen LogP contribution is 2.43. The van der Waals surface area contributed by atoms with Crippen molar-refractivity contribution in [2.45, 2.75) is 129 Å². The number of aldehydes is 1. The minimum atomic E-state index is -2.34.